The van der Waals surface area contributed by atoms with E-state index in [-0.39, 0.29) is 0 Å². The smallest absolute Gasteiger partial charge is 0.0101 e. The third kappa shape index (κ3) is 3.47. The Labute approximate surface area is 108 Å². The van der Waals surface area contributed by atoms with Gasteiger partial charge in [-0.15, -0.1) is 0 Å². The van der Waals surface area contributed by atoms with Crippen molar-refractivity contribution in [3.63, 3.8) is 0 Å². The number of rotatable bonds is 3. The highest BCUT2D eigenvalue weighted by Gasteiger charge is 2.37. The van der Waals surface area contributed by atoms with Crippen LogP contribution in [0.4, 0.5) is 0 Å². The fourth-order valence-corrected chi connectivity index (χ4v) is 4.16. The molecule has 2 saturated carbocycles. The molecule has 0 bridgehead atoms. The lowest BCUT2D eigenvalue weighted by Gasteiger charge is -2.32. The molecule has 0 spiro atoms. The summed E-state index contributed by atoms with van der Waals surface area (Å²) in [6, 6.07) is 1.60. The molecule has 0 aliphatic heterocycles. The van der Waals surface area contributed by atoms with Crippen LogP contribution < -0.4 is 5.32 Å². The molecule has 2 fully saturated rings. The first-order valence-electron chi connectivity index (χ1n) is 7.76. The Kier molecular flexibility index (Phi) is 4.18. The molecule has 2 aliphatic rings. The summed E-state index contributed by atoms with van der Waals surface area (Å²) in [4.78, 5) is 0. The van der Waals surface area contributed by atoms with Gasteiger partial charge in [-0.2, -0.15) is 0 Å². The van der Waals surface area contributed by atoms with Crippen LogP contribution >= 0.6 is 0 Å². The Morgan fingerprint density at radius 2 is 1.71 bits per heavy atom. The van der Waals surface area contributed by atoms with Gasteiger partial charge in [-0.25, -0.2) is 0 Å². The van der Waals surface area contributed by atoms with Gasteiger partial charge in [0.15, 0.2) is 0 Å². The fourth-order valence-electron chi connectivity index (χ4n) is 4.16. The first kappa shape index (κ1) is 13.4. The largest absolute Gasteiger partial charge is 0.311 e. The maximum atomic E-state index is 3.97. The van der Waals surface area contributed by atoms with Crippen molar-refractivity contribution in [3.8, 4) is 0 Å². The normalized spacial score (nSPS) is 41.6. The zero-order chi connectivity index (χ0) is 12.5. The Morgan fingerprint density at radius 1 is 1.06 bits per heavy atom. The van der Waals surface area contributed by atoms with E-state index in [1.165, 1.54) is 44.9 Å². The molecular formula is C16H31N. The van der Waals surface area contributed by atoms with Crippen LogP contribution in [0.3, 0.4) is 0 Å². The van der Waals surface area contributed by atoms with Crippen molar-refractivity contribution in [2.45, 2.75) is 84.7 Å². The van der Waals surface area contributed by atoms with Gasteiger partial charge in [-0.3, -0.25) is 0 Å². The molecular weight excluding hydrogens is 206 g/mol. The van der Waals surface area contributed by atoms with E-state index in [1.807, 2.05) is 0 Å². The lowest BCUT2D eigenvalue weighted by Crippen LogP contribution is -2.42. The summed E-state index contributed by atoms with van der Waals surface area (Å²) in [6.07, 6.45) is 9.91. The Bertz CT molecular complexity index is 238. The van der Waals surface area contributed by atoms with Crippen LogP contribution in [0.5, 0.6) is 0 Å². The van der Waals surface area contributed by atoms with E-state index in [0.29, 0.717) is 5.41 Å². The first-order valence-corrected chi connectivity index (χ1v) is 7.76. The second kappa shape index (κ2) is 5.30. The van der Waals surface area contributed by atoms with Gasteiger partial charge in [0.1, 0.15) is 0 Å². The molecule has 0 aromatic rings. The van der Waals surface area contributed by atoms with Crippen molar-refractivity contribution in [1.29, 1.82) is 0 Å². The van der Waals surface area contributed by atoms with E-state index < -0.39 is 0 Å². The molecule has 0 aromatic heterocycles. The van der Waals surface area contributed by atoms with Crippen molar-refractivity contribution in [1.82, 2.24) is 5.32 Å². The second-order valence-electron chi connectivity index (χ2n) is 7.45. The minimum Gasteiger partial charge on any atom is -0.311 e. The number of hydrogen-bond donors (Lipinski definition) is 1. The molecule has 1 nitrogen and oxygen atoms in total. The number of nitrogens with one attached hydrogen (secondary N) is 1. The molecule has 2 unspecified atom stereocenters. The maximum absolute atomic E-state index is 3.97. The van der Waals surface area contributed by atoms with Gasteiger partial charge in [0, 0.05) is 12.1 Å². The molecule has 0 aromatic carbocycles. The van der Waals surface area contributed by atoms with E-state index in [0.717, 1.165) is 23.9 Å². The molecule has 2 rings (SSSR count). The van der Waals surface area contributed by atoms with Crippen molar-refractivity contribution in [2.24, 2.45) is 17.3 Å². The van der Waals surface area contributed by atoms with E-state index in [2.05, 4.69) is 33.0 Å². The Hall–Kier alpha value is -0.0400. The topological polar surface area (TPSA) is 12.0 Å². The zero-order valence-corrected chi connectivity index (χ0v) is 12.3. The number of hydrogen-bond acceptors (Lipinski definition) is 1. The molecule has 1 N–H and O–H groups in total. The highest BCUT2D eigenvalue weighted by Crippen LogP contribution is 2.41. The summed E-state index contributed by atoms with van der Waals surface area (Å²) < 4.78 is 0. The summed E-state index contributed by atoms with van der Waals surface area (Å²) in [5, 5.41) is 3.97. The van der Waals surface area contributed by atoms with E-state index in [9.17, 15) is 0 Å². The van der Waals surface area contributed by atoms with Gasteiger partial charge < -0.3 is 5.32 Å². The van der Waals surface area contributed by atoms with Crippen LogP contribution in [0.1, 0.15) is 72.6 Å². The van der Waals surface area contributed by atoms with Gasteiger partial charge in [0.05, 0.1) is 0 Å². The van der Waals surface area contributed by atoms with Crippen LogP contribution in [0, 0.1) is 17.3 Å². The highest BCUT2D eigenvalue weighted by atomic mass is 15.0. The summed E-state index contributed by atoms with van der Waals surface area (Å²) >= 11 is 0. The minimum atomic E-state index is 0.567. The lowest BCUT2D eigenvalue weighted by molar-refractivity contribution is 0.253. The Balaban J connectivity index is 1.78. The summed E-state index contributed by atoms with van der Waals surface area (Å²) in [7, 11) is 0. The standard InChI is InChI=1S/C16H31N/c1-5-13-6-8-14(9-7-13)17-15-11-16(3,4)10-12(15)2/h12-15,17H,5-11H2,1-4H3. The molecule has 0 saturated heterocycles. The van der Waals surface area contributed by atoms with Crippen LogP contribution in [-0.4, -0.2) is 12.1 Å². The van der Waals surface area contributed by atoms with Crippen LogP contribution in [0.25, 0.3) is 0 Å². The summed E-state index contributed by atoms with van der Waals surface area (Å²) in [5.41, 5.74) is 0.567. The third-order valence-corrected chi connectivity index (χ3v) is 5.21. The maximum Gasteiger partial charge on any atom is 0.0101 e. The molecule has 1 heteroatoms. The molecule has 2 aliphatic carbocycles. The van der Waals surface area contributed by atoms with Gasteiger partial charge in [-0.05, 0) is 55.8 Å². The molecule has 17 heavy (non-hydrogen) atoms. The average molecular weight is 237 g/mol. The zero-order valence-electron chi connectivity index (χ0n) is 12.3. The minimum absolute atomic E-state index is 0.567. The van der Waals surface area contributed by atoms with Crippen LogP contribution in [-0.2, 0) is 0 Å². The molecule has 100 valence electrons. The average Bonchev–Trinajstić information content (AvgIpc) is 2.53. The lowest BCUT2D eigenvalue weighted by atomic mass is 9.84. The molecule has 0 radical (unpaired) electrons. The predicted octanol–water partition coefficient (Wildman–Crippen LogP) is 4.37. The Morgan fingerprint density at radius 3 is 2.18 bits per heavy atom. The fraction of sp³-hybridized carbons (Fsp3) is 1.00. The monoisotopic (exact) mass is 237 g/mol. The van der Waals surface area contributed by atoms with Crippen molar-refractivity contribution in [3.05, 3.63) is 0 Å². The van der Waals surface area contributed by atoms with Crippen LogP contribution in [0.2, 0.25) is 0 Å². The van der Waals surface area contributed by atoms with Gasteiger partial charge in [-0.1, -0.05) is 34.1 Å². The van der Waals surface area contributed by atoms with Crippen LogP contribution in [0.15, 0.2) is 0 Å². The molecule has 0 amide bonds. The van der Waals surface area contributed by atoms with Crippen molar-refractivity contribution >= 4 is 0 Å². The SMILES string of the molecule is CCC1CCC(NC2CC(C)(C)CC2C)CC1. The van der Waals surface area contributed by atoms with Crippen molar-refractivity contribution in [2.75, 3.05) is 0 Å². The van der Waals surface area contributed by atoms with E-state index >= 15 is 0 Å². The predicted molar refractivity (Wildman–Crippen MR) is 75.1 cm³/mol. The van der Waals surface area contributed by atoms with Gasteiger partial charge >= 0.3 is 0 Å². The van der Waals surface area contributed by atoms with Gasteiger partial charge in [0.25, 0.3) is 0 Å². The summed E-state index contributed by atoms with van der Waals surface area (Å²) in [5.74, 6) is 1.89. The van der Waals surface area contributed by atoms with E-state index in [4.69, 9.17) is 0 Å². The third-order valence-electron chi connectivity index (χ3n) is 5.21. The quantitative estimate of drug-likeness (QED) is 0.768. The van der Waals surface area contributed by atoms with E-state index in [1.54, 1.807) is 0 Å². The van der Waals surface area contributed by atoms with Crippen molar-refractivity contribution < 1.29 is 0 Å². The second-order valence-corrected chi connectivity index (χ2v) is 7.45. The first-order chi connectivity index (χ1) is 8.00. The molecule has 0 heterocycles. The molecule has 2 atom stereocenters. The summed E-state index contributed by atoms with van der Waals surface area (Å²) in [6.45, 7) is 9.64. The highest BCUT2D eigenvalue weighted by molar-refractivity contribution is 4.93. The van der Waals surface area contributed by atoms with Gasteiger partial charge in [0.2, 0.25) is 0 Å².